The van der Waals surface area contributed by atoms with E-state index in [0.717, 1.165) is 10.9 Å². The molecule has 0 atom stereocenters. The summed E-state index contributed by atoms with van der Waals surface area (Å²) in [5.41, 5.74) is 5.11. The van der Waals surface area contributed by atoms with Gasteiger partial charge in [-0.1, -0.05) is 29.8 Å². The maximum absolute atomic E-state index is 10.8. The second-order valence-electron chi connectivity index (χ2n) is 5.34. The molecule has 128 valence electrons. The van der Waals surface area contributed by atoms with Gasteiger partial charge in [0.25, 0.3) is 11.6 Å². The molecule has 2 aromatic carbocycles. The largest absolute Gasteiger partial charge is 0.338 e. The van der Waals surface area contributed by atoms with Gasteiger partial charge in [0, 0.05) is 33.6 Å². The molecule has 2 aromatic heterocycles. The summed E-state index contributed by atoms with van der Waals surface area (Å²) in [5, 5.41) is 24.2. The Balaban J connectivity index is 1.60. The van der Waals surface area contributed by atoms with E-state index in [0.29, 0.717) is 21.7 Å². The number of halogens is 1. The van der Waals surface area contributed by atoms with Gasteiger partial charge in [-0.25, -0.2) is 5.43 Å². The van der Waals surface area contributed by atoms with Crippen molar-refractivity contribution in [2.75, 3.05) is 5.43 Å². The van der Waals surface area contributed by atoms with Crippen LogP contribution in [0.4, 0.5) is 11.6 Å². The van der Waals surface area contributed by atoms with Crippen molar-refractivity contribution in [2.45, 2.75) is 0 Å². The van der Waals surface area contributed by atoms with Crippen LogP contribution in [0.2, 0.25) is 5.02 Å². The maximum Gasteiger partial charge on any atom is 0.270 e. The number of aromatic nitrogens is 4. The van der Waals surface area contributed by atoms with E-state index in [9.17, 15) is 10.1 Å². The zero-order valence-corrected chi connectivity index (χ0v) is 13.8. The third-order valence-corrected chi connectivity index (χ3v) is 4.02. The number of para-hydroxylation sites is 1. The highest BCUT2D eigenvalue weighted by atomic mass is 35.5. The molecule has 0 bridgehead atoms. The number of non-ortho nitro benzene ring substituents is 1. The van der Waals surface area contributed by atoms with E-state index in [2.05, 4.69) is 30.7 Å². The van der Waals surface area contributed by atoms with Gasteiger partial charge in [0.2, 0.25) is 0 Å². The van der Waals surface area contributed by atoms with Crippen molar-refractivity contribution in [3.8, 4) is 0 Å². The summed E-state index contributed by atoms with van der Waals surface area (Å²) < 4.78 is 0. The highest BCUT2D eigenvalue weighted by molar-refractivity contribution is 6.33. The van der Waals surface area contributed by atoms with Gasteiger partial charge in [0.1, 0.15) is 5.52 Å². The van der Waals surface area contributed by atoms with Gasteiger partial charge in [0.05, 0.1) is 11.1 Å². The molecule has 0 spiro atoms. The SMILES string of the molecule is O=[N+]([O-])c1ccc(Cl)c(/C=N\Nc2nnc3c(n2)[nH]c2ccccc23)c1. The number of nitrogens with zero attached hydrogens (tertiary/aromatic N) is 5. The zero-order chi connectivity index (χ0) is 18.1. The molecule has 0 aliphatic rings. The average Bonchev–Trinajstić information content (AvgIpc) is 3.01. The Hall–Kier alpha value is -3.59. The minimum Gasteiger partial charge on any atom is -0.338 e. The van der Waals surface area contributed by atoms with Gasteiger partial charge in [0.15, 0.2) is 5.65 Å². The lowest BCUT2D eigenvalue weighted by Gasteiger charge is -1.99. The molecule has 4 rings (SSSR count). The van der Waals surface area contributed by atoms with E-state index in [4.69, 9.17) is 11.6 Å². The molecule has 26 heavy (non-hydrogen) atoms. The molecule has 0 saturated carbocycles. The Morgan fingerprint density at radius 3 is 2.92 bits per heavy atom. The molecular formula is C16H10ClN7O2. The van der Waals surface area contributed by atoms with Crippen molar-refractivity contribution in [1.29, 1.82) is 0 Å². The topological polar surface area (TPSA) is 122 Å². The third kappa shape index (κ3) is 2.91. The van der Waals surface area contributed by atoms with Crippen LogP contribution in [0.5, 0.6) is 0 Å². The lowest BCUT2D eigenvalue weighted by atomic mass is 10.2. The van der Waals surface area contributed by atoms with Crippen LogP contribution in [0.1, 0.15) is 5.56 Å². The second kappa shape index (κ2) is 6.37. The fourth-order valence-corrected chi connectivity index (χ4v) is 2.64. The normalized spacial score (nSPS) is 11.4. The molecule has 0 aliphatic carbocycles. The first-order valence-corrected chi connectivity index (χ1v) is 7.84. The predicted molar refractivity (Wildman–Crippen MR) is 98.5 cm³/mol. The van der Waals surface area contributed by atoms with E-state index < -0.39 is 4.92 Å². The molecule has 0 aliphatic heterocycles. The molecule has 0 saturated heterocycles. The number of nitrogens with one attached hydrogen (secondary N) is 2. The first-order chi connectivity index (χ1) is 12.6. The fourth-order valence-electron chi connectivity index (χ4n) is 2.47. The smallest absolute Gasteiger partial charge is 0.270 e. The van der Waals surface area contributed by atoms with Crippen molar-refractivity contribution >= 4 is 51.5 Å². The van der Waals surface area contributed by atoms with Gasteiger partial charge >= 0.3 is 0 Å². The quantitative estimate of drug-likeness (QED) is 0.323. The van der Waals surface area contributed by atoms with Crippen LogP contribution in [0.15, 0.2) is 47.6 Å². The molecule has 10 heteroatoms. The Bertz CT molecular complexity index is 1170. The number of fused-ring (bicyclic) bond motifs is 3. The zero-order valence-electron chi connectivity index (χ0n) is 13.0. The van der Waals surface area contributed by atoms with Crippen molar-refractivity contribution in [3.63, 3.8) is 0 Å². The van der Waals surface area contributed by atoms with Crippen molar-refractivity contribution in [2.24, 2.45) is 5.10 Å². The highest BCUT2D eigenvalue weighted by Gasteiger charge is 2.09. The van der Waals surface area contributed by atoms with Crippen LogP contribution >= 0.6 is 11.6 Å². The fraction of sp³-hybridized carbons (Fsp3) is 0. The minimum absolute atomic E-state index is 0.0757. The number of rotatable bonds is 4. The number of aromatic amines is 1. The monoisotopic (exact) mass is 367 g/mol. The maximum atomic E-state index is 10.8. The van der Waals surface area contributed by atoms with Crippen LogP contribution in [0.3, 0.4) is 0 Å². The third-order valence-electron chi connectivity index (χ3n) is 3.68. The Morgan fingerprint density at radius 2 is 2.08 bits per heavy atom. The van der Waals surface area contributed by atoms with E-state index in [-0.39, 0.29) is 11.6 Å². The van der Waals surface area contributed by atoms with Crippen LogP contribution < -0.4 is 5.43 Å². The van der Waals surface area contributed by atoms with Gasteiger partial charge in [-0.2, -0.15) is 10.1 Å². The van der Waals surface area contributed by atoms with Gasteiger partial charge < -0.3 is 4.98 Å². The molecule has 4 aromatic rings. The number of benzene rings is 2. The lowest BCUT2D eigenvalue weighted by molar-refractivity contribution is -0.384. The number of nitro groups is 1. The second-order valence-corrected chi connectivity index (χ2v) is 5.74. The summed E-state index contributed by atoms with van der Waals surface area (Å²) in [6, 6.07) is 11.8. The van der Waals surface area contributed by atoms with Crippen molar-refractivity contribution < 1.29 is 4.92 Å². The van der Waals surface area contributed by atoms with Crippen LogP contribution in [0.25, 0.3) is 22.1 Å². The number of nitro benzene ring substituents is 1. The summed E-state index contributed by atoms with van der Waals surface area (Å²) in [6.45, 7) is 0. The predicted octanol–water partition coefficient (Wildman–Crippen LogP) is 3.51. The van der Waals surface area contributed by atoms with E-state index in [1.165, 1.54) is 24.4 Å². The molecule has 0 fully saturated rings. The van der Waals surface area contributed by atoms with Crippen LogP contribution in [-0.4, -0.2) is 31.3 Å². The summed E-state index contributed by atoms with van der Waals surface area (Å²) >= 11 is 6.02. The number of hydrogen-bond acceptors (Lipinski definition) is 7. The highest BCUT2D eigenvalue weighted by Crippen LogP contribution is 2.22. The summed E-state index contributed by atoms with van der Waals surface area (Å²) in [7, 11) is 0. The number of hydrogen-bond donors (Lipinski definition) is 2. The van der Waals surface area contributed by atoms with E-state index in [1.807, 2.05) is 24.3 Å². The molecule has 0 radical (unpaired) electrons. The van der Waals surface area contributed by atoms with Crippen LogP contribution in [-0.2, 0) is 0 Å². The molecule has 9 nitrogen and oxygen atoms in total. The van der Waals surface area contributed by atoms with E-state index in [1.54, 1.807) is 0 Å². The lowest BCUT2D eigenvalue weighted by Crippen LogP contribution is -1.99. The number of H-pyrrole nitrogens is 1. The molecule has 0 amide bonds. The Labute approximate surface area is 150 Å². The number of anilines is 1. The standard InChI is InChI=1S/C16H10ClN7O2/c17-12-6-5-10(24(25)26)7-9(12)8-18-22-16-20-15-14(21-23-16)11-3-1-2-4-13(11)19-15/h1-8H,(H2,19,20,22,23)/b18-8-. The molecule has 0 unspecified atom stereocenters. The van der Waals surface area contributed by atoms with Crippen LogP contribution in [0, 0.1) is 10.1 Å². The Kier molecular flexibility index (Phi) is 3.90. The van der Waals surface area contributed by atoms with Gasteiger partial charge in [-0.3, -0.25) is 10.1 Å². The minimum atomic E-state index is -0.502. The molecular weight excluding hydrogens is 358 g/mol. The first kappa shape index (κ1) is 15.9. The van der Waals surface area contributed by atoms with Crippen molar-refractivity contribution in [1.82, 2.24) is 20.2 Å². The summed E-state index contributed by atoms with van der Waals surface area (Å²) in [6.07, 6.45) is 1.36. The Morgan fingerprint density at radius 1 is 1.23 bits per heavy atom. The molecule has 2 heterocycles. The van der Waals surface area contributed by atoms with Gasteiger partial charge in [-0.05, 0) is 12.1 Å². The van der Waals surface area contributed by atoms with Crippen molar-refractivity contribution in [3.05, 3.63) is 63.2 Å². The number of hydrazone groups is 1. The molecule has 2 N–H and O–H groups in total. The van der Waals surface area contributed by atoms with E-state index >= 15 is 0 Å². The first-order valence-electron chi connectivity index (χ1n) is 7.46. The average molecular weight is 368 g/mol. The summed E-state index contributed by atoms with van der Waals surface area (Å²) in [4.78, 5) is 17.8. The van der Waals surface area contributed by atoms with Gasteiger partial charge in [-0.15, -0.1) is 10.2 Å². The summed E-state index contributed by atoms with van der Waals surface area (Å²) in [5.74, 6) is 0.182.